The third-order valence-electron chi connectivity index (χ3n) is 4.66. The molecule has 0 fully saturated rings. The minimum absolute atomic E-state index is 0.0839. The SMILES string of the molecule is COC(=O)c1ccc(C(=O)C(CC(C)C)NC(=O)C(CC(=O)O)c2cccs2)cc1N. The highest BCUT2D eigenvalue weighted by Gasteiger charge is 2.30. The number of carbonyl (C=O) groups is 4. The number of Topliss-reactive ketones (excluding diaryl/α,β-unsaturated/α-hetero) is 1. The molecule has 0 saturated heterocycles. The van der Waals surface area contributed by atoms with E-state index in [-0.39, 0.29) is 34.9 Å². The number of amides is 1. The van der Waals surface area contributed by atoms with Gasteiger partial charge in [0, 0.05) is 16.1 Å². The van der Waals surface area contributed by atoms with E-state index in [0.717, 1.165) is 0 Å². The largest absolute Gasteiger partial charge is 0.481 e. The van der Waals surface area contributed by atoms with E-state index in [0.29, 0.717) is 11.3 Å². The number of hydrogen-bond donors (Lipinski definition) is 3. The van der Waals surface area contributed by atoms with Crippen molar-refractivity contribution in [3.8, 4) is 0 Å². The van der Waals surface area contributed by atoms with Crippen molar-refractivity contribution in [1.82, 2.24) is 5.32 Å². The molecule has 1 amide bonds. The summed E-state index contributed by atoms with van der Waals surface area (Å²) in [6.45, 7) is 3.82. The molecular formula is C22H26N2O6S. The first kappa shape index (κ1) is 24.1. The first-order chi connectivity index (χ1) is 14.6. The van der Waals surface area contributed by atoms with Gasteiger partial charge in [0.05, 0.1) is 31.1 Å². The molecule has 8 nitrogen and oxygen atoms in total. The summed E-state index contributed by atoms with van der Waals surface area (Å²) >= 11 is 1.29. The van der Waals surface area contributed by atoms with Gasteiger partial charge < -0.3 is 20.9 Å². The number of carbonyl (C=O) groups excluding carboxylic acids is 3. The van der Waals surface area contributed by atoms with Crippen molar-refractivity contribution in [2.75, 3.05) is 12.8 Å². The van der Waals surface area contributed by atoms with Gasteiger partial charge in [0.25, 0.3) is 0 Å². The summed E-state index contributed by atoms with van der Waals surface area (Å²) in [6.07, 6.45) is -0.0246. The number of ether oxygens (including phenoxy) is 1. The molecule has 0 saturated carbocycles. The van der Waals surface area contributed by atoms with Crippen molar-refractivity contribution >= 4 is 40.7 Å². The van der Waals surface area contributed by atoms with Gasteiger partial charge in [-0.2, -0.15) is 0 Å². The number of methoxy groups -OCH3 is 1. The molecule has 0 spiro atoms. The fourth-order valence-electron chi connectivity index (χ4n) is 3.17. The average Bonchev–Trinajstić information content (AvgIpc) is 3.24. The molecule has 0 bridgehead atoms. The van der Waals surface area contributed by atoms with E-state index in [4.69, 9.17) is 5.73 Å². The number of rotatable bonds is 10. The van der Waals surface area contributed by atoms with Crippen LogP contribution in [0.25, 0.3) is 0 Å². The molecule has 2 unspecified atom stereocenters. The molecule has 0 aliphatic carbocycles. The van der Waals surface area contributed by atoms with E-state index in [1.807, 2.05) is 13.8 Å². The Morgan fingerprint density at radius 2 is 1.90 bits per heavy atom. The van der Waals surface area contributed by atoms with Crippen LogP contribution in [0.5, 0.6) is 0 Å². The average molecular weight is 447 g/mol. The molecular weight excluding hydrogens is 420 g/mol. The predicted molar refractivity (Wildman–Crippen MR) is 117 cm³/mol. The summed E-state index contributed by atoms with van der Waals surface area (Å²) in [4.78, 5) is 49.7. The lowest BCUT2D eigenvalue weighted by Gasteiger charge is -2.22. The summed E-state index contributed by atoms with van der Waals surface area (Å²) in [5.41, 5.74) is 6.37. The van der Waals surface area contributed by atoms with Crippen LogP contribution in [-0.2, 0) is 14.3 Å². The Kier molecular flexibility index (Phi) is 8.32. The minimum Gasteiger partial charge on any atom is -0.481 e. The van der Waals surface area contributed by atoms with Crippen molar-refractivity contribution in [2.45, 2.75) is 38.6 Å². The Hall–Kier alpha value is -3.20. The maximum atomic E-state index is 13.1. The van der Waals surface area contributed by atoms with Crippen LogP contribution in [0, 0.1) is 5.92 Å². The van der Waals surface area contributed by atoms with Gasteiger partial charge in [-0.05, 0) is 35.9 Å². The van der Waals surface area contributed by atoms with Gasteiger partial charge in [-0.25, -0.2) is 4.79 Å². The third-order valence-corrected chi connectivity index (χ3v) is 5.65. The molecule has 1 heterocycles. The molecule has 9 heteroatoms. The Morgan fingerprint density at radius 3 is 2.42 bits per heavy atom. The quantitative estimate of drug-likeness (QED) is 0.290. The smallest absolute Gasteiger partial charge is 0.339 e. The molecule has 0 aliphatic heterocycles. The number of benzene rings is 1. The van der Waals surface area contributed by atoms with E-state index >= 15 is 0 Å². The fraction of sp³-hybridized carbons (Fsp3) is 0.364. The predicted octanol–water partition coefficient (Wildman–Crippen LogP) is 3.09. The highest BCUT2D eigenvalue weighted by Crippen LogP contribution is 2.26. The number of nitrogens with two attached hydrogens (primary N) is 1. The highest BCUT2D eigenvalue weighted by atomic mass is 32.1. The molecule has 166 valence electrons. The second-order valence-electron chi connectivity index (χ2n) is 7.51. The minimum atomic E-state index is -1.11. The van der Waals surface area contributed by atoms with Crippen LogP contribution in [0.2, 0.25) is 0 Å². The fourth-order valence-corrected chi connectivity index (χ4v) is 4.00. The molecule has 1 aromatic carbocycles. The Bertz CT molecular complexity index is 955. The lowest BCUT2D eigenvalue weighted by molar-refractivity contribution is -0.139. The second kappa shape index (κ2) is 10.7. The Balaban J connectivity index is 2.29. The molecule has 0 aliphatic rings. The molecule has 2 aromatic rings. The topological polar surface area (TPSA) is 136 Å². The molecule has 0 radical (unpaired) electrons. The summed E-state index contributed by atoms with van der Waals surface area (Å²) in [6, 6.07) is 6.81. The van der Waals surface area contributed by atoms with E-state index in [9.17, 15) is 24.3 Å². The van der Waals surface area contributed by atoms with Crippen LogP contribution in [-0.4, -0.2) is 41.9 Å². The number of thiophene rings is 1. The van der Waals surface area contributed by atoms with Crippen molar-refractivity contribution in [3.63, 3.8) is 0 Å². The van der Waals surface area contributed by atoms with Gasteiger partial charge >= 0.3 is 11.9 Å². The number of ketones is 1. The maximum Gasteiger partial charge on any atom is 0.339 e. The first-order valence-corrected chi connectivity index (χ1v) is 10.6. The highest BCUT2D eigenvalue weighted by molar-refractivity contribution is 7.10. The summed E-state index contributed by atoms with van der Waals surface area (Å²) in [5, 5.41) is 13.7. The number of carboxylic acid groups (broad SMARTS) is 1. The van der Waals surface area contributed by atoms with Gasteiger partial charge in [-0.1, -0.05) is 26.0 Å². The lowest BCUT2D eigenvalue weighted by atomic mass is 9.93. The molecule has 2 atom stereocenters. The van der Waals surface area contributed by atoms with Gasteiger partial charge in [-0.15, -0.1) is 11.3 Å². The van der Waals surface area contributed by atoms with Gasteiger partial charge in [0.15, 0.2) is 5.78 Å². The normalized spacial score (nSPS) is 12.8. The molecule has 1 aromatic heterocycles. The van der Waals surface area contributed by atoms with Gasteiger partial charge in [-0.3, -0.25) is 14.4 Å². The zero-order valence-electron chi connectivity index (χ0n) is 17.6. The number of carboxylic acids is 1. The zero-order chi connectivity index (χ0) is 23.1. The Morgan fingerprint density at radius 1 is 1.19 bits per heavy atom. The number of anilines is 1. The van der Waals surface area contributed by atoms with E-state index < -0.39 is 29.8 Å². The molecule has 2 rings (SSSR count). The van der Waals surface area contributed by atoms with E-state index in [1.54, 1.807) is 17.5 Å². The maximum absolute atomic E-state index is 13.1. The van der Waals surface area contributed by atoms with Crippen LogP contribution in [0.3, 0.4) is 0 Å². The number of nitrogen functional groups attached to an aromatic ring is 1. The van der Waals surface area contributed by atoms with E-state index in [1.165, 1.54) is 36.6 Å². The van der Waals surface area contributed by atoms with Crippen molar-refractivity contribution < 1.29 is 29.0 Å². The van der Waals surface area contributed by atoms with Crippen LogP contribution in [0.15, 0.2) is 35.7 Å². The summed E-state index contributed by atoms with van der Waals surface area (Å²) < 4.78 is 4.66. The summed E-state index contributed by atoms with van der Waals surface area (Å²) in [5.74, 6) is -3.43. The molecule has 4 N–H and O–H groups in total. The number of aliphatic carboxylic acids is 1. The zero-order valence-corrected chi connectivity index (χ0v) is 18.4. The second-order valence-corrected chi connectivity index (χ2v) is 8.49. The number of hydrogen-bond acceptors (Lipinski definition) is 7. The van der Waals surface area contributed by atoms with Crippen LogP contribution in [0.1, 0.15) is 58.2 Å². The third kappa shape index (κ3) is 6.39. The van der Waals surface area contributed by atoms with Crippen molar-refractivity contribution in [1.29, 1.82) is 0 Å². The monoisotopic (exact) mass is 446 g/mol. The van der Waals surface area contributed by atoms with E-state index in [2.05, 4.69) is 10.1 Å². The standard InChI is InChI=1S/C22H26N2O6S/c1-12(2)9-17(20(27)13-6-7-14(16(23)10-13)22(29)30-3)24-21(28)15(11-19(25)26)18-5-4-8-31-18/h4-8,10,12,15,17H,9,11,23H2,1-3H3,(H,24,28)(H,25,26). The molecule has 31 heavy (non-hydrogen) atoms. The first-order valence-electron chi connectivity index (χ1n) is 9.71. The Labute approximate surface area is 184 Å². The lowest BCUT2D eigenvalue weighted by Crippen LogP contribution is -2.44. The van der Waals surface area contributed by atoms with Crippen molar-refractivity contribution in [2.24, 2.45) is 5.92 Å². The number of nitrogens with one attached hydrogen (secondary N) is 1. The number of esters is 1. The van der Waals surface area contributed by atoms with Crippen LogP contribution < -0.4 is 11.1 Å². The van der Waals surface area contributed by atoms with Crippen molar-refractivity contribution in [3.05, 3.63) is 51.7 Å². The van der Waals surface area contributed by atoms with Gasteiger partial charge in [0.2, 0.25) is 5.91 Å². The van der Waals surface area contributed by atoms with Gasteiger partial charge in [0.1, 0.15) is 0 Å². The summed E-state index contributed by atoms with van der Waals surface area (Å²) in [7, 11) is 1.23. The van der Waals surface area contributed by atoms with Crippen LogP contribution >= 0.6 is 11.3 Å². The van der Waals surface area contributed by atoms with Crippen LogP contribution in [0.4, 0.5) is 5.69 Å².